The number of anilines is 1. The van der Waals surface area contributed by atoms with Gasteiger partial charge in [-0.25, -0.2) is 0 Å². The lowest BCUT2D eigenvalue weighted by molar-refractivity contribution is -0.384. The van der Waals surface area contributed by atoms with Crippen LogP contribution in [0.25, 0.3) is 0 Å². The van der Waals surface area contributed by atoms with Crippen LogP contribution in [0.2, 0.25) is 0 Å². The topological polar surface area (TPSA) is 78.7 Å². The molecule has 1 aliphatic rings. The van der Waals surface area contributed by atoms with E-state index in [1.54, 1.807) is 18.2 Å². The first-order valence-corrected chi connectivity index (χ1v) is 7.54. The van der Waals surface area contributed by atoms with E-state index in [1.807, 2.05) is 16.8 Å². The summed E-state index contributed by atoms with van der Waals surface area (Å²) >= 11 is 0. The third-order valence-electron chi connectivity index (χ3n) is 3.87. The smallest absolute Gasteiger partial charge is 0.292 e. The van der Waals surface area contributed by atoms with Crippen molar-refractivity contribution in [1.82, 2.24) is 10.2 Å². The molecule has 1 aromatic rings. The number of carbonyl (C=O) groups is 1. The van der Waals surface area contributed by atoms with Crippen LogP contribution in [0.1, 0.15) is 12.8 Å². The SMILES string of the molecule is CNCCCC(=O)N1CCN(c2ccccc2[N+](=O)[O-])CC1.Cl. The predicted molar refractivity (Wildman–Crippen MR) is 92.3 cm³/mol. The first-order valence-electron chi connectivity index (χ1n) is 7.54. The van der Waals surface area contributed by atoms with Crippen molar-refractivity contribution in [3.05, 3.63) is 34.4 Å². The molecule has 2 rings (SSSR count). The van der Waals surface area contributed by atoms with Crippen molar-refractivity contribution in [2.24, 2.45) is 0 Å². The van der Waals surface area contributed by atoms with Crippen LogP contribution < -0.4 is 10.2 Å². The van der Waals surface area contributed by atoms with Crippen molar-refractivity contribution in [3.8, 4) is 0 Å². The average Bonchev–Trinajstić information content (AvgIpc) is 2.55. The van der Waals surface area contributed by atoms with E-state index in [-0.39, 0.29) is 28.9 Å². The van der Waals surface area contributed by atoms with Gasteiger partial charge >= 0.3 is 0 Å². The van der Waals surface area contributed by atoms with Crippen LogP contribution in [0.15, 0.2) is 24.3 Å². The Labute approximate surface area is 142 Å². The Kier molecular flexibility index (Phi) is 7.77. The lowest BCUT2D eigenvalue weighted by Crippen LogP contribution is -2.49. The first kappa shape index (κ1) is 19.2. The molecule has 0 atom stereocenters. The minimum atomic E-state index is -0.357. The molecule has 0 spiro atoms. The summed E-state index contributed by atoms with van der Waals surface area (Å²) in [5.74, 6) is 0.164. The Morgan fingerprint density at radius 3 is 2.52 bits per heavy atom. The average molecular weight is 343 g/mol. The molecule has 0 radical (unpaired) electrons. The Morgan fingerprint density at radius 1 is 1.26 bits per heavy atom. The van der Waals surface area contributed by atoms with Gasteiger partial charge in [0.25, 0.3) is 5.69 Å². The highest BCUT2D eigenvalue weighted by atomic mass is 35.5. The number of piperazine rings is 1. The number of nitro groups is 1. The van der Waals surface area contributed by atoms with Gasteiger partial charge in [0.1, 0.15) is 5.69 Å². The van der Waals surface area contributed by atoms with E-state index in [2.05, 4.69) is 5.32 Å². The maximum absolute atomic E-state index is 12.1. The fourth-order valence-corrected chi connectivity index (χ4v) is 2.66. The Balaban J connectivity index is 0.00000264. The summed E-state index contributed by atoms with van der Waals surface area (Å²) in [4.78, 5) is 26.6. The van der Waals surface area contributed by atoms with E-state index in [0.717, 1.165) is 13.0 Å². The molecular formula is C15H23ClN4O3. The molecule has 1 amide bonds. The lowest BCUT2D eigenvalue weighted by Gasteiger charge is -2.35. The molecule has 1 aliphatic heterocycles. The number of nitrogens with zero attached hydrogens (tertiary/aromatic N) is 3. The number of nitro benzene ring substituents is 1. The summed E-state index contributed by atoms with van der Waals surface area (Å²) in [5, 5.41) is 14.1. The molecule has 1 aromatic carbocycles. The van der Waals surface area contributed by atoms with E-state index in [1.165, 1.54) is 6.07 Å². The van der Waals surface area contributed by atoms with Crippen LogP contribution >= 0.6 is 12.4 Å². The molecule has 1 N–H and O–H groups in total. The molecule has 7 nitrogen and oxygen atoms in total. The highest BCUT2D eigenvalue weighted by Gasteiger charge is 2.24. The molecule has 0 aromatic heterocycles. The highest BCUT2D eigenvalue weighted by Crippen LogP contribution is 2.28. The monoisotopic (exact) mass is 342 g/mol. The van der Waals surface area contributed by atoms with Gasteiger partial charge in [0.15, 0.2) is 0 Å². The number of hydrogen-bond acceptors (Lipinski definition) is 5. The van der Waals surface area contributed by atoms with Gasteiger partial charge in [-0.2, -0.15) is 0 Å². The lowest BCUT2D eigenvalue weighted by atomic mass is 10.2. The number of nitrogens with one attached hydrogen (secondary N) is 1. The van der Waals surface area contributed by atoms with Crippen molar-refractivity contribution < 1.29 is 9.72 Å². The van der Waals surface area contributed by atoms with E-state index < -0.39 is 0 Å². The van der Waals surface area contributed by atoms with Crippen molar-refractivity contribution in [3.63, 3.8) is 0 Å². The van der Waals surface area contributed by atoms with Gasteiger partial charge in [-0.3, -0.25) is 14.9 Å². The predicted octanol–water partition coefficient (Wildman–Crippen LogP) is 1.66. The summed E-state index contributed by atoms with van der Waals surface area (Å²) in [6, 6.07) is 6.76. The molecule has 8 heteroatoms. The van der Waals surface area contributed by atoms with Gasteiger partial charge in [0.2, 0.25) is 5.91 Å². The van der Waals surface area contributed by atoms with Crippen molar-refractivity contribution in [2.45, 2.75) is 12.8 Å². The van der Waals surface area contributed by atoms with Crippen LogP contribution in [0.5, 0.6) is 0 Å². The number of halogens is 1. The van der Waals surface area contributed by atoms with Gasteiger partial charge in [0, 0.05) is 38.7 Å². The van der Waals surface area contributed by atoms with Gasteiger partial charge in [-0.1, -0.05) is 12.1 Å². The second-order valence-electron chi connectivity index (χ2n) is 5.32. The number of para-hydroxylation sites is 2. The second-order valence-corrected chi connectivity index (χ2v) is 5.32. The maximum atomic E-state index is 12.1. The maximum Gasteiger partial charge on any atom is 0.292 e. The molecule has 1 heterocycles. The van der Waals surface area contributed by atoms with E-state index in [0.29, 0.717) is 38.3 Å². The Hall–Kier alpha value is -1.86. The van der Waals surface area contributed by atoms with Crippen LogP contribution in [-0.4, -0.2) is 55.5 Å². The number of rotatable bonds is 6. The van der Waals surface area contributed by atoms with E-state index in [9.17, 15) is 14.9 Å². The zero-order valence-corrected chi connectivity index (χ0v) is 14.1. The first-order chi connectivity index (χ1) is 10.6. The summed E-state index contributed by atoms with van der Waals surface area (Å²) in [5.41, 5.74) is 0.756. The normalized spacial score (nSPS) is 14.3. The molecule has 0 saturated carbocycles. The van der Waals surface area contributed by atoms with Crippen LogP contribution in [0, 0.1) is 10.1 Å². The molecule has 0 unspecified atom stereocenters. The van der Waals surface area contributed by atoms with Gasteiger partial charge < -0.3 is 15.1 Å². The second kappa shape index (κ2) is 9.32. The number of benzene rings is 1. The van der Waals surface area contributed by atoms with E-state index in [4.69, 9.17) is 0 Å². The van der Waals surface area contributed by atoms with Crippen LogP contribution in [0.3, 0.4) is 0 Å². The highest BCUT2D eigenvalue weighted by molar-refractivity contribution is 5.85. The third-order valence-corrected chi connectivity index (χ3v) is 3.87. The van der Waals surface area contributed by atoms with Gasteiger partial charge in [0.05, 0.1) is 4.92 Å². The third kappa shape index (κ3) is 5.07. The summed E-state index contributed by atoms with van der Waals surface area (Å²) in [7, 11) is 1.87. The largest absolute Gasteiger partial charge is 0.362 e. The number of hydrogen-bond donors (Lipinski definition) is 1. The van der Waals surface area contributed by atoms with Crippen molar-refractivity contribution in [2.75, 3.05) is 44.7 Å². The number of amides is 1. The molecular weight excluding hydrogens is 320 g/mol. The van der Waals surface area contributed by atoms with E-state index >= 15 is 0 Å². The summed E-state index contributed by atoms with van der Waals surface area (Å²) in [6.45, 7) is 3.32. The standard InChI is InChI=1S/C15H22N4O3.ClH/c1-16-8-4-7-15(20)18-11-9-17(10-12-18)13-5-2-3-6-14(13)19(21)22;/h2-3,5-6,16H,4,7-12H2,1H3;1H. The van der Waals surface area contributed by atoms with Gasteiger partial charge in [-0.05, 0) is 26.1 Å². The molecule has 0 aliphatic carbocycles. The van der Waals surface area contributed by atoms with Crippen LogP contribution in [0.4, 0.5) is 11.4 Å². The molecule has 1 saturated heterocycles. The fraction of sp³-hybridized carbons (Fsp3) is 0.533. The Morgan fingerprint density at radius 2 is 1.91 bits per heavy atom. The summed E-state index contributed by atoms with van der Waals surface area (Å²) in [6.07, 6.45) is 1.38. The Bertz CT molecular complexity index is 533. The van der Waals surface area contributed by atoms with Gasteiger partial charge in [-0.15, -0.1) is 12.4 Å². The summed E-state index contributed by atoms with van der Waals surface area (Å²) < 4.78 is 0. The molecule has 1 fully saturated rings. The fourth-order valence-electron chi connectivity index (χ4n) is 2.66. The zero-order chi connectivity index (χ0) is 15.9. The minimum absolute atomic E-state index is 0. The quantitative estimate of drug-likeness (QED) is 0.483. The molecule has 23 heavy (non-hydrogen) atoms. The van der Waals surface area contributed by atoms with Crippen molar-refractivity contribution in [1.29, 1.82) is 0 Å². The number of carbonyl (C=O) groups excluding carboxylic acids is 1. The molecule has 0 bridgehead atoms. The zero-order valence-electron chi connectivity index (χ0n) is 13.2. The van der Waals surface area contributed by atoms with Crippen LogP contribution in [-0.2, 0) is 4.79 Å². The molecule has 128 valence electrons. The minimum Gasteiger partial charge on any atom is -0.362 e. The van der Waals surface area contributed by atoms with Crippen molar-refractivity contribution >= 4 is 29.7 Å².